The Labute approximate surface area is 249 Å². The van der Waals surface area contributed by atoms with Gasteiger partial charge >= 0.3 is 17.9 Å². The Bertz CT molecular complexity index is 1760. The molecule has 0 aromatic heterocycles. The number of carbonyl (C=O) groups is 3. The van der Waals surface area contributed by atoms with Gasteiger partial charge in [-0.3, -0.25) is 0 Å². The van der Waals surface area contributed by atoms with Crippen molar-refractivity contribution in [3.63, 3.8) is 0 Å². The smallest absolute Gasteiger partial charge is 0.335 e. The molecule has 0 heterocycles. The van der Waals surface area contributed by atoms with E-state index in [1.807, 2.05) is 60.7 Å². The fraction of sp³-hybridized carbons (Fsp3) is 0. The number of esters is 3. The lowest BCUT2D eigenvalue weighted by Gasteiger charge is -2.07. The van der Waals surface area contributed by atoms with E-state index >= 15 is 0 Å². The summed E-state index contributed by atoms with van der Waals surface area (Å²) in [5, 5.41) is 0. The third-order valence-corrected chi connectivity index (χ3v) is 5.92. The summed E-state index contributed by atoms with van der Waals surface area (Å²) in [6, 6.07) is 27.2. The molecule has 0 aliphatic carbocycles. The van der Waals surface area contributed by atoms with Gasteiger partial charge in [-0.15, -0.1) is 0 Å². The Balaban J connectivity index is 1.49. The zero-order valence-corrected chi connectivity index (χ0v) is 23.1. The van der Waals surface area contributed by atoms with Gasteiger partial charge in [-0.05, 0) is 71.3 Å². The molecule has 4 aromatic carbocycles. The second kappa shape index (κ2) is 14.4. The van der Waals surface area contributed by atoms with Crippen molar-refractivity contribution in [1.82, 2.24) is 0 Å². The van der Waals surface area contributed by atoms with Crippen molar-refractivity contribution in [2.45, 2.75) is 0 Å². The van der Waals surface area contributed by atoms with Crippen molar-refractivity contribution in [3.8, 4) is 40.2 Å². The molecule has 4 rings (SSSR count). The summed E-state index contributed by atoms with van der Waals surface area (Å²) in [7, 11) is 0. The molecule has 0 atom stereocenters. The van der Waals surface area contributed by atoms with Gasteiger partial charge in [-0.2, -0.15) is 0 Å². The molecule has 6 nitrogen and oxygen atoms in total. The maximum absolute atomic E-state index is 12.0. The number of hydrogen-bond acceptors (Lipinski definition) is 6. The predicted octanol–water partition coefficient (Wildman–Crippen LogP) is 7.20. The minimum absolute atomic E-state index is 0.341. The van der Waals surface area contributed by atoms with Gasteiger partial charge < -0.3 is 14.2 Å². The zero-order chi connectivity index (χ0) is 30.6. The van der Waals surface area contributed by atoms with E-state index in [1.54, 1.807) is 42.5 Å². The largest absolute Gasteiger partial charge is 0.423 e. The van der Waals surface area contributed by atoms with E-state index in [9.17, 15) is 14.4 Å². The van der Waals surface area contributed by atoms with Gasteiger partial charge in [0.25, 0.3) is 0 Å². The zero-order valence-electron chi connectivity index (χ0n) is 23.1. The Hall–Kier alpha value is -6.19. The molecule has 0 bridgehead atoms. The highest BCUT2D eigenvalue weighted by atomic mass is 16.5. The van der Waals surface area contributed by atoms with Gasteiger partial charge in [-0.25, -0.2) is 14.4 Å². The highest BCUT2D eigenvalue weighted by molar-refractivity contribution is 5.85. The fourth-order valence-electron chi connectivity index (χ4n) is 3.74. The molecular formula is C37H26O6. The first kappa shape index (κ1) is 29.8. The van der Waals surface area contributed by atoms with Crippen LogP contribution in [0.3, 0.4) is 0 Å². The van der Waals surface area contributed by atoms with Crippen LogP contribution in [0.25, 0.3) is 23.3 Å². The fourth-order valence-corrected chi connectivity index (χ4v) is 3.74. The van der Waals surface area contributed by atoms with E-state index in [0.29, 0.717) is 33.9 Å². The molecule has 6 heteroatoms. The Kier molecular flexibility index (Phi) is 10.0. The minimum atomic E-state index is -0.584. The lowest BCUT2D eigenvalue weighted by Crippen LogP contribution is -2.04. The first-order valence-electron chi connectivity index (χ1n) is 13.0. The summed E-state index contributed by atoms with van der Waals surface area (Å²) in [6.45, 7) is 10.2. The van der Waals surface area contributed by atoms with Crippen LogP contribution < -0.4 is 14.2 Å². The standard InChI is InChI=1S/C37H26O6/c1-4-35(38)41-32-21-13-26(14-22-32)7-8-28-12-18-31(34(25-28)43-37(40)6-3)17-11-27-9-15-29(16-10-27)30-19-23-33(24-20-30)42-36(39)5-2/h4-6,9-25H,1-3H2/b17-11+. The summed E-state index contributed by atoms with van der Waals surface area (Å²) in [6.07, 6.45) is 7.07. The van der Waals surface area contributed by atoms with Crippen LogP contribution in [0.2, 0.25) is 0 Å². The highest BCUT2D eigenvalue weighted by Crippen LogP contribution is 2.26. The van der Waals surface area contributed by atoms with Crippen molar-refractivity contribution in [2.75, 3.05) is 0 Å². The molecular weight excluding hydrogens is 540 g/mol. The van der Waals surface area contributed by atoms with E-state index in [-0.39, 0.29) is 0 Å². The topological polar surface area (TPSA) is 78.9 Å². The predicted molar refractivity (Wildman–Crippen MR) is 167 cm³/mol. The van der Waals surface area contributed by atoms with Crippen LogP contribution in [-0.2, 0) is 14.4 Å². The number of ether oxygens (including phenoxy) is 3. The Morgan fingerprint density at radius 1 is 0.535 bits per heavy atom. The summed E-state index contributed by atoms with van der Waals surface area (Å²) in [5.74, 6) is 5.65. The summed E-state index contributed by atoms with van der Waals surface area (Å²) < 4.78 is 15.7. The molecule has 210 valence electrons. The number of hydrogen-bond donors (Lipinski definition) is 0. The highest BCUT2D eigenvalue weighted by Gasteiger charge is 2.07. The number of carbonyl (C=O) groups excluding carboxylic acids is 3. The molecule has 0 saturated heterocycles. The van der Waals surface area contributed by atoms with Crippen LogP contribution in [0.4, 0.5) is 0 Å². The van der Waals surface area contributed by atoms with Crippen LogP contribution in [0.1, 0.15) is 22.3 Å². The van der Waals surface area contributed by atoms with Crippen LogP contribution in [0.15, 0.2) is 129 Å². The van der Waals surface area contributed by atoms with Gasteiger partial charge in [0.05, 0.1) is 0 Å². The van der Waals surface area contributed by atoms with Crippen molar-refractivity contribution in [3.05, 3.63) is 151 Å². The van der Waals surface area contributed by atoms with Crippen LogP contribution >= 0.6 is 0 Å². The van der Waals surface area contributed by atoms with E-state index in [4.69, 9.17) is 14.2 Å². The van der Waals surface area contributed by atoms with E-state index in [0.717, 1.165) is 34.9 Å². The first-order valence-corrected chi connectivity index (χ1v) is 13.0. The number of benzene rings is 4. The summed E-state index contributed by atoms with van der Waals surface area (Å²) in [4.78, 5) is 34.7. The van der Waals surface area contributed by atoms with E-state index in [2.05, 4.69) is 31.6 Å². The summed E-state index contributed by atoms with van der Waals surface area (Å²) >= 11 is 0. The maximum atomic E-state index is 12.0. The third-order valence-electron chi connectivity index (χ3n) is 5.92. The number of rotatable bonds is 9. The average Bonchev–Trinajstić information content (AvgIpc) is 3.04. The quantitative estimate of drug-likeness (QED) is 0.0701. The van der Waals surface area contributed by atoms with Gasteiger partial charge in [0, 0.05) is 34.9 Å². The van der Waals surface area contributed by atoms with Gasteiger partial charge in [0.15, 0.2) is 0 Å². The third kappa shape index (κ3) is 8.65. The van der Waals surface area contributed by atoms with Crippen LogP contribution in [0, 0.1) is 11.8 Å². The molecule has 0 radical (unpaired) electrons. The minimum Gasteiger partial charge on any atom is -0.423 e. The van der Waals surface area contributed by atoms with Gasteiger partial charge in [-0.1, -0.05) is 80.1 Å². The molecule has 0 aliphatic rings. The van der Waals surface area contributed by atoms with Gasteiger partial charge in [0.1, 0.15) is 17.2 Å². The van der Waals surface area contributed by atoms with Crippen LogP contribution in [0.5, 0.6) is 17.2 Å². The molecule has 0 N–H and O–H groups in total. The SMILES string of the molecule is C=CC(=O)Oc1ccc(C#Cc2ccc(/C=C/c3ccc(-c4ccc(OC(=O)C=C)cc4)cc3)c(OC(=O)C=C)c2)cc1. The normalized spacial score (nSPS) is 10.1. The molecule has 4 aromatic rings. The second-order valence-corrected chi connectivity index (χ2v) is 8.88. The summed E-state index contributed by atoms with van der Waals surface area (Å²) in [5.41, 5.74) is 4.93. The van der Waals surface area contributed by atoms with Crippen molar-refractivity contribution < 1.29 is 28.6 Å². The second-order valence-electron chi connectivity index (χ2n) is 8.88. The lowest BCUT2D eigenvalue weighted by atomic mass is 10.0. The lowest BCUT2D eigenvalue weighted by molar-refractivity contribution is -0.129. The van der Waals surface area contributed by atoms with E-state index < -0.39 is 17.9 Å². The molecule has 0 amide bonds. The Morgan fingerprint density at radius 2 is 1.00 bits per heavy atom. The molecule has 43 heavy (non-hydrogen) atoms. The van der Waals surface area contributed by atoms with Crippen molar-refractivity contribution in [2.24, 2.45) is 0 Å². The van der Waals surface area contributed by atoms with Crippen molar-refractivity contribution in [1.29, 1.82) is 0 Å². The Morgan fingerprint density at radius 3 is 1.56 bits per heavy atom. The molecule has 0 fully saturated rings. The van der Waals surface area contributed by atoms with E-state index in [1.165, 1.54) is 0 Å². The monoisotopic (exact) mass is 566 g/mol. The maximum Gasteiger partial charge on any atom is 0.335 e. The van der Waals surface area contributed by atoms with Crippen molar-refractivity contribution >= 4 is 30.1 Å². The molecule has 0 aliphatic heterocycles. The molecule has 0 saturated carbocycles. The van der Waals surface area contributed by atoms with Gasteiger partial charge in [0.2, 0.25) is 0 Å². The molecule has 0 unspecified atom stereocenters. The average molecular weight is 567 g/mol. The first-order chi connectivity index (χ1) is 20.9. The molecule has 0 spiro atoms. The van der Waals surface area contributed by atoms with Crippen LogP contribution in [-0.4, -0.2) is 17.9 Å².